The van der Waals surface area contributed by atoms with Crippen LogP contribution in [0, 0.1) is 5.92 Å². The standard InChI is InChI=1S/C8H16O6S/c1-5-3-7(9)8(14-6(5)2)4-13-15(10,11)12/h5-9H,3-4H2,1-2H3,(H,10,11,12)/t5?,6?,7-,8?/m0/s1. The molecular formula is C8H16O6S. The average molecular weight is 240 g/mol. The van der Waals surface area contributed by atoms with Crippen LogP contribution in [0.4, 0.5) is 0 Å². The van der Waals surface area contributed by atoms with E-state index in [0.717, 1.165) is 0 Å². The van der Waals surface area contributed by atoms with E-state index >= 15 is 0 Å². The van der Waals surface area contributed by atoms with Crippen LogP contribution in [-0.4, -0.2) is 43.0 Å². The molecule has 1 fully saturated rings. The van der Waals surface area contributed by atoms with Gasteiger partial charge in [-0.1, -0.05) is 6.92 Å². The van der Waals surface area contributed by atoms with E-state index in [9.17, 15) is 13.5 Å². The average Bonchev–Trinajstić information content (AvgIpc) is 2.07. The first-order valence-corrected chi connectivity index (χ1v) is 6.11. The summed E-state index contributed by atoms with van der Waals surface area (Å²) in [6, 6.07) is 0. The van der Waals surface area contributed by atoms with Crippen molar-refractivity contribution < 1.29 is 27.0 Å². The normalized spacial score (nSPS) is 37.9. The third-order valence-corrected chi connectivity index (χ3v) is 3.05. The summed E-state index contributed by atoms with van der Waals surface area (Å²) in [5, 5.41) is 9.57. The van der Waals surface area contributed by atoms with Gasteiger partial charge in [0, 0.05) is 0 Å². The van der Waals surface area contributed by atoms with Gasteiger partial charge >= 0.3 is 10.4 Å². The molecule has 0 aromatic rings. The van der Waals surface area contributed by atoms with Crippen LogP contribution in [0.1, 0.15) is 20.3 Å². The molecule has 3 unspecified atom stereocenters. The summed E-state index contributed by atoms with van der Waals surface area (Å²) in [6.45, 7) is 3.42. The molecule has 0 saturated carbocycles. The van der Waals surface area contributed by atoms with Crippen molar-refractivity contribution in [1.82, 2.24) is 0 Å². The lowest BCUT2D eigenvalue weighted by Crippen LogP contribution is -2.44. The summed E-state index contributed by atoms with van der Waals surface area (Å²) in [5.74, 6) is 0.210. The first-order valence-electron chi connectivity index (χ1n) is 4.75. The van der Waals surface area contributed by atoms with Crippen molar-refractivity contribution in [2.24, 2.45) is 5.92 Å². The van der Waals surface area contributed by atoms with Crippen LogP contribution in [-0.2, 0) is 19.3 Å². The van der Waals surface area contributed by atoms with E-state index in [-0.39, 0.29) is 18.6 Å². The fraction of sp³-hybridized carbons (Fsp3) is 1.00. The molecule has 1 aliphatic rings. The minimum atomic E-state index is -4.47. The summed E-state index contributed by atoms with van der Waals surface area (Å²) in [5.41, 5.74) is 0. The van der Waals surface area contributed by atoms with Gasteiger partial charge in [-0.05, 0) is 19.3 Å². The predicted octanol–water partition coefficient (Wildman–Crippen LogP) is -0.0198. The smallest absolute Gasteiger partial charge is 0.390 e. The van der Waals surface area contributed by atoms with Crippen molar-refractivity contribution in [3.63, 3.8) is 0 Å². The first-order chi connectivity index (χ1) is 6.79. The van der Waals surface area contributed by atoms with E-state index in [1.807, 2.05) is 13.8 Å². The zero-order valence-corrected chi connectivity index (χ0v) is 9.48. The Labute approximate surface area is 89.1 Å². The second-order valence-electron chi connectivity index (χ2n) is 3.87. The Hall–Kier alpha value is -0.210. The van der Waals surface area contributed by atoms with Gasteiger partial charge < -0.3 is 9.84 Å². The molecule has 0 aromatic carbocycles. The molecule has 1 saturated heterocycles. The second-order valence-corrected chi connectivity index (χ2v) is 4.96. The molecular weight excluding hydrogens is 224 g/mol. The summed E-state index contributed by atoms with van der Waals surface area (Å²) >= 11 is 0. The molecule has 1 heterocycles. The van der Waals surface area contributed by atoms with Crippen LogP contribution in [0.2, 0.25) is 0 Å². The molecule has 0 aliphatic carbocycles. The van der Waals surface area contributed by atoms with Crippen LogP contribution >= 0.6 is 0 Å². The van der Waals surface area contributed by atoms with Crippen LogP contribution in [0.3, 0.4) is 0 Å². The summed E-state index contributed by atoms with van der Waals surface area (Å²) in [6.07, 6.45) is -1.01. The van der Waals surface area contributed by atoms with Gasteiger partial charge in [-0.2, -0.15) is 8.42 Å². The van der Waals surface area contributed by atoms with Crippen molar-refractivity contribution in [3.05, 3.63) is 0 Å². The third-order valence-electron chi connectivity index (χ3n) is 2.61. The molecule has 15 heavy (non-hydrogen) atoms. The second kappa shape index (κ2) is 4.75. The molecule has 1 rings (SSSR count). The SMILES string of the molecule is CC1C[C@H](O)C(COS(=O)(=O)O)OC1C. The minimum absolute atomic E-state index is 0.0663. The molecule has 7 heteroatoms. The van der Waals surface area contributed by atoms with E-state index in [1.54, 1.807) is 0 Å². The number of aliphatic hydroxyl groups excluding tert-OH is 1. The van der Waals surface area contributed by atoms with Gasteiger partial charge in [0.05, 0.1) is 18.8 Å². The summed E-state index contributed by atoms with van der Waals surface area (Å²) in [7, 11) is -4.47. The highest BCUT2D eigenvalue weighted by molar-refractivity contribution is 7.80. The van der Waals surface area contributed by atoms with E-state index in [1.165, 1.54) is 0 Å². The highest BCUT2D eigenvalue weighted by atomic mass is 32.3. The van der Waals surface area contributed by atoms with Crippen LogP contribution < -0.4 is 0 Å². The number of hydrogen-bond donors (Lipinski definition) is 2. The Balaban J connectivity index is 2.48. The molecule has 2 N–H and O–H groups in total. The largest absolute Gasteiger partial charge is 0.397 e. The maximum Gasteiger partial charge on any atom is 0.397 e. The third kappa shape index (κ3) is 4.04. The monoisotopic (exact) mass is 240 g/mol. The first kappa shape index (κ1) is 12.9. The van der Waals surface area contributed by atoms with Gasteiger partial charge in [-0.15, -0.1) is 0 Å². The Morgan fingerprint density at radius 1 is 1.47 bits per heavy atom. The molecule has 4 atom stereocenters. The van der Waals surface area contributed by atoms with Crippen molar-refractivity contribution in [2.75, 3.05) is 6.61 Å². The quantitative estimate of drug-likeness (QED) is 0.673. The number of aliphatic hydroxyl groups is 1. The van der Waals surface area contributed by atoms with Crippen molar-refractivity contribution in [2.45, 2.75) is 38.6 Å². The van der Waals surface area contributed by atoms with E-state index in [4.69, 9.17) is 9.29 Å². The van der Waals surface area contributed by atoms with Gasteiger partial charge in [0.15, 0.2) is 0 Å². The maximum absolute atomic E-state index is 10.3. The maximum atomic E-state index is 10.3. The van der Waals surface area contributed by atoms with Gasteiger partial charge in [0.25, 0.3) is 0 Å². The Bertz CT molecular complexity index is 300. The molecule has 0 radical (unpaired) electrons. The van der Waals surface area contributed by atoms with Crippen molar-refractivity contribution >= 4 is 10.4 Å². The van der Waals surface area contributed by atoms with E-state index < -0.39 is 22.6 Å². The minimum Gasteiger partial charge on any atom is -0.390 e. The molecule has 0 bridgehead atoms. The van der Waals surface area contributed by atoms with Crippen LogP contribution in [0.15, 0.2) is 0 Å². The van der Waals surface area contributed by atoms with Gasteiger partial charge in [0.1, 0.15) is 6.10 Å². The molecule has 1 aliphatic heterocycles. The van der Waals surface area contributed by atoms with Crippen molar-refractivity contribution in [1.29, 1.82) is 0 Å². The lowest BCUT2D eigenvalue weighted by molar-refractivity contribution is -0.145. The van der Waals surface area contributed by atoms with E-state index in [0.29, 0.717) is 6.42 Å². The summed E-state index contributed by atoms with van der Waals surface area (Å²) in [4.78, 5) is 0. The zero-order chi connectivity index (χ0) is 11.6. The van der Waals surface area contributed by atoms with Crippen LogP contribution in [0.25, 0.3) is 0 Å². The van der Waals surface area contributed by atoms with Gasteiger partial charge in [-0.25, -0.2) is 4.18 Å². The fourth-order valence-corrected chi connectivity index (χ4v) is 1.83. The number of ether oxygens (including phenoxy) is 1. The Morgan fingerprint density at radius 2 is 2.07 bits per heavy atom. The topological polar surface area (TPSA) is 93.1 Å². The molecule has 6 nitrogen and oxygen atoms in total. The highest BCUT2D eigenvalue weighted by Gasteiger charge is 2.33. The van der Waals surface area contributed by atoms with Crippen LogP contribution in [0.5, 0.6) is 0 Å². The lowest BCUT2D eigenvalue weighted by Gasteiger charge is -2.36. The highest BCUT2D eigenvalue weighted by Crippen LogP contribution is 2.25. The van der Waals surface area contributed by atoms with Gasteiger partial charge in [0.2, 0.25) is 0 Å². The molecule has 0 spiro atoms. The van der Waals surface area contributed by atoms with E-state index in [2.05, 4.69) is 4.18 Å². The zero-order valence-electron chi connectivity index (χ0n) is 8.66. The summed E-state index contributed by atoms with van der Waals surface area (Å²) < 4.78 is 38.5. The van der Waals surface area contributed by atoms with Gasteiger partial charge in [-0.3, -0.25) is 4.55 Å². The molecule has 0 aromatic heterocycles. The Kier molecular flexibility index (Phi) is 4.07. The predicted molar refractivity (Wildman–Crippen MR) is 51.6 cm³/mol. The van der Waals surface area contributed by atoms with Crippen molar-refractivity contribution in [3.8, 4) is 0 Å². The molecule has 0 amide bonds. The number of rotatable bonds is 3. The molecule has 90 valence electrons. The lowest BCUT2D eigenvalue weighted by atomic mass is 9.92. The fourth-order valence-electron chi connectivity index (χ4n) is 1.53. The Morgan fingerprint density at radius 3 is 2.60 bits per heavy atom. The number of hydrogen-bond acceptors (Lipinski definition) is 5.